The van der Waals surface area contributed by atoms with Gasteiger partial charge in [-0.3, -0.25) is 67.5 Å². The molecule has 0 bridgehead atoms. The molecule has 0 saturated heterocycles. The highest BCUT2D eigenvalue weighted by molar-refractivity contribution is 7.19. The van der Waals surface area contributed by atoms with Gasteiger partial charge in [0.15, 0.2) is 40.3 Å². The maximum absolute atomic E-state index is 12.9. The molecule has 0 radical (unpaired) electrons. The number of carbonyl (C=O) groups is 12. The van der Waals surface area contributed by atoms with E-state index >= 15 is 0 Å². The summed E-state index contributed by atoms with van der Waals surface area (Å²) in [4.78, 5) is 172. The minimum Gasteiger partial charge on any atom is -0.366 e. The molecule has 15 aromatic rings. The molecule has 0 unspecified atom stereocenters. The van der Waals surface area contributed by atoms with E-state index in [-0.39, 0.29) is 58.5 Å². The summed E-state index contributed by atoms with van der Waals surface area (Å²) in [7, 11) is 0. The zero-order valence-electron chi connectivity index (χ0n) is 84.0. The number of aryl methyl sites for hydroxylation is 9. The van der Waals surface area contributed by atoms with Crippen molar-refractivity contribution in [2.24, 2.45) is 41.1 Å². The number of nitrogens with zero attached hydrogens (tertiary/aromatic N) is 4. The van der Waals surface area contributed by atoms with Crippen molar-refractivity contribution in [1.82, 2.24) is 9.97 Å². The van der Waals surface area contributed by atoms with Crippen LogP contribution in [0, 0.1) is 105 Å². The van der Waals surface area contributed by atoms with Gasteiger partial charge in [-0.1, -0.05) is 91.0 Å². The number of aromatic nitrogens is 2. The van der Waals surface area contributed by atoms with Gasteiger partial charge in [0.05, 0.1) is 43.1 Å². The van der Waals surface area contributed by atoms with Crippen molar-refractivity contribution in [1.29, 1.82) is 0 Å². The van der Waals surface area contributed by atoms with Crippen LogP contribution in [0.2, 0.25) is 0 Å². The van der Waals surface area contributed by atoms with Gasteiger partial charge >= 0.3 is 0 Å². The first-order chi connectivity index (χ1) is 71.6. The topological polar surface area (TPSA) is 352 Å². The van der Waals surface area contributed by atoms with Crippen molar-refractivity contribution in [2.75, 3.05) is 26.6 Å². The first kappa shape index (κ1) is 106. The number of hydrogen-bond acceptors (Lipinski definition) is 19. The highest BCUT2D eigenvalue weighted by Crippen LogP contribution is 2.43. The Balaban J connectivity index is 0.000000133. The fourth-order valence-corrected chi connectivity index (χ4v) is 21.3. The smallest absolute Gasteiger partial charge is 0.265 e. The molecular formula is C121H111N11O12S5. The molecule has 7 amide bonds. The number of carbonyl (C=O) groups excluding carboxylic acids is 12. The quantitative estimate of drug-likeness (QED) is 0.0152. The Morgan fingerprint density at radius 2 is 0.523 bits per heavy atom. The van der Waals surface area contributed by atoms with E-state index in [1.807, 2.05) is 202 Å². The van der Waals surface area contributed by atoms with Crippen LogP contribution in [0.1, 0.15) is 267 Å². The third-order valence-electron chi connectivity index (χ3n) is 26.7. The fourth-order valence-electron chi connectivity index (χ4n) is 16.5. The maximum Gasteiger partial charge on any atom is 0.265 e. The van der Waals surface area contributed by atoms with Crippen molar-refractivity contribution in [3.05, 3.63) is 379 Å². The number of anilines is 5. The SMILES string of the molecule is Cc1ccc(C(=O)CC2CC2)cc1NC(=O)c1ccc(-c2cc(C(N)=O)ccc2C)s1.Cc1ccc(C(=O)CC2CC2)cc1NC(=O)c1ccc(-c2cncc(C(N)=O)c2)s1.Cc1ccc(C(=O)CC2CC2)cc1NC(=O)c1ccc(-c2cnccc2C)s1.[C-]#[N+]c1ccc(C)c(-c2ccc(C(=O)Nc3cc(C(=O)CC4CC4)ccc3C)s2)c1.[C-]#[N+]c1ccc(C)c(-c2ccc(C(=O)Nc3cc(C(=O)CC4CC4)ccc3C)s2)c1. The van der Waals surface area contributed by atoms with E-state index in [9.17, 15) is 57.5 Å². The molecular weight excluding hydrogens is 1960 g/mol. The standard InChI is InChI=1S/C25H24N2O3S.2C25H22N2O2S.C23H21N3O3S.C23H22N2O2S/c1-14-3-8-18(24(26)29)12-19(14)22-9-10-23(31-22)25(30)27-20-13-17(7-4-15(20)2)21(28)11-16-5-6-16;2*1-15-5-9-19(26-3)14-20(15)23-10-11-24(30-23)25(29)27-21-13-18(8-4-16(21)2)22(28)12-17-6-7-17;1-13-2-5-15(19(27)8-14-3-4-14)10-18(13)26-23(29)21-7-6-20(30-21)16-9-17(22(24)28)12-25-11-16;1-14-9-10-24-13-18(14)21-7-8-22(28-21)23(27)25-19-12-17(6-3-15(19)2)20(26)11-16-4-5-16/h3-4,7-10,12-13,16H,5-6,11H2,1-2H3,(H2,26,29)(H,27,30);2*4-5,8-11,13-14,17H,6-7,12H2,1-2H3,(H,27,29);2,5-7,9-12,14H,3-4,8H2,1H3,(H2,24,28)(H,26,29);3,6-10,12-13,16H,4-5,11H2,1-2H3,(H,25,27). The van der Waals surface area contributed by atoms with E-state index in [1.165, 1.54) is 62.9 Å². The molecule has 5 aliphatic carbocycles. The third kappa shape index (κ3) is 28.3. The van der Waals surface area contributed by atoms with Gasteiger partial charge in [0.2, 0.25) is 11.8 Å². The zero-order chi connectivity index (χ0) is 106. The van der Waals surface area contributed by atoms with Gasteiger partial charge in [0.25, 0.3) is 29.5 Å². The average Bonchev–Trinajstić information content (AvgIpc) is 1.67. The lowest BCUT2D eigenvalue weighted by molar-refractivity contribution is 0.0968. The lowest BCUT2D eigenvalue weighted by atomic mass is 10.0. The van der Waals surface area contributed by atoms with Crippen molar-refractivity contribution >= 4 is 167 Å². The largest absolute Gasteiger partial charge is 0.366 e. The van der Waals surface area contributed by atoms with E-state index in [0.717, 1.165) is 166 Å². The summed E-state index contributed by atoms with van der Waals surface area (Å²) in [6, 6.07) is 65.9. The van der Waals surface area contributed by atoms with Crippen LogP contribution < -0.4 is 38.1 Å². The lowest BCUT2D eigenvalue weighted by Gasteiger charge is -2.10. The van der Waals surface area contributed by atoms with Gasteiger partial charge in [-0.05, 0) is 350 Å². The molecule has 7 heterocycles. The number of rotatable bonds is 32. The molecule has 0 spiro atoms. The van der Waals surface area contributed by atoms with Gasteiger partial charge in [0, 0.05) is 154 Å². The second-order valence-corrected chi connectivity index (χ2v) is 44.1. The summed E-state index contributed by atoms with van der Waals surface area (Å²) in [5.74, 6) is 1.28. The lowest BCUT2D eigenvalue weighted by Crippen LogP contribution is -2.12. The molecule has 0 aliphatic heterocycles. The average molecular weight is 2070 g/mol. The van der Waals surface area contributed by atoms with Crippen LogP contribution in [0.3, 0.4) is 0 Å². The van der Waals surface area contributed by atoms with Crippen LogP contribution in [0.5, 0.6) is 0 Å². The van der Waals surface area contributed by atoms with E-state index in [1.54, 1.807) is 97.3 Å². The first-order valence-electron chi connectivity index (χ1n) is 49.4. The van der Waals surface area contributed by atoms with Crippen LogP contribution in [0.15, 0.2) is 243 Å². The summed E-state index contributed by atoms with van der Waals surface area (Å²) in [5.41, 5.74) is 32.6. The molecule has 0 atom stereocenters. The molecule has 7 aromatic heterocycles. The van der Waals surface area contributed by atoms with Crippen LogP contribution in [0.4, 0.5) is 39.8 Å². The van der Waals surface area contributed by atoms with Gasteiger partial charge in [-0.25, -0.2) is 9.69 Å². The number of ketones is 5. The molecule has 28 heteroatoms. The summed E-state index contributed by atoms with van der Waals surface area (Å²) < 4.78 is 0. The summed E-state index contributed by atoms with van der Waals surface area (Å²) >= 11 is 6.88. The minimum absolute atomic E-state index is 0.119. The Kier molecular flexibility index (Phi) is 34.0. The summed E-state index contributed by atoms with van der Waals surface area (Å²) in [6.07, 6.45) is 20.9. The van der Waals surface area contributed by atoms with Gasteiger partial charge in [0.1, 0.15) is 0 Å². The summed E-state index contributed by atoms with van der Waals surface area (Å²) in [5, 5.41) is 14.8. The molecule has 5 fully saturated rings. The minimum atomic E-state index is -0.550. The number of nitrogens with one attached hydrogen (secondary N) is 5. The molecule has 20 rings (SSSR count). The molecule has 8 aromatic carbocycles. The zero-order valence-corrected chi connectivity index (χ0v) is 88.1. The van der Waals surface area contributed by atoms with Gasteiger partial charge < -0.3 is 38.1 Å². The molecule has 5 aliphatic rings. The molecule has 149 heavy (non-hydrogen) atoms. The highest BCUT2D eigenvalue weighted by atomic mass is 32.1. The predicted octanol–water partition coefficient (Wildman–Crippen LogP) is 29.1. The van der Waals surface area contributed by atoms with E-state index in [2.05, 4.69) is 46.2 Å². The Labute approximate surface area is 885 Å². The van der Waals surface area contributed by atoms with Gasteiger partial charge in [-0.15, -0.1) is 56.7 Å². The number of thiophene rings is 5. The van der Waals surface area contributed by atoms with E-state index < -0.39 is 11.8 Å². The Hall–Kier alpha value is -15.8. The molecule has 752 valence electrons. The fraction of sp³-hybridized carbons (Fsp3) is 0.240. The Morgan fingerprint density at radius 1 is 0.268 bits per heavy atom. The maximum atomic E-state index is 12.9. The van der Waals surface area contributed by atoms with Gasteiger partial charge in [-0.2, -0.15) is 0 Å². The van der Waals surface area contributed by atoms with E-state index in [0.29, 0.717) is 165 Å². The third-order valence-corrected chi connectivity index (χ3v) is 32.3. The number of primary amides is 2. The van der Waals surface area contributed by atoms with Crippen molar-refractivity contribution in [3.8, 4) is 52.2 Å². The highest BCUT2D eigenvalue weighted by Gasteiger charge is 2.32. The first-order valence-corrected chi connectivity index (χ1v) is 53.5. The predicted molar refractivity (Wildman–Crippen MR) is 597 cm³/mol. The molecule has 9 N–H and O–H groups in total. The Bertz CT molecular complexity index is 7680. The number of Topliss-reactive ketones (excluding diaryl/α,β-unsaturated/α-hetero) is 5. The Morgan fingerprint density at radius 3 is 0.805 bits per heavy atom. The van der Waals surface area contributed by atoms with E-state index in [4.69, 9.17) is 24.6 Å². The number of nitrogens with two attached hydrogens (primary N) is 2. The van der Waals surface area contributed by atoms with Crippen molar-refractivity contribution in [3.63, 3.8) is 0 Å². The monoisotopic (exact) mass is 2070 g/mol. The number of hydrogen-bond donors (Lipinski definition) is 7. The van der Waals surface area contributed by atoms with Crippen LogP contribution >= 0.6 is 56.7 Å². The van der Waals surface area contributed by atoms with Crippen LogP contribution in [-0.4, -0.2) is 80.2 Å². The number of benzene rings is 8. The molecule has 23 nitrogen and oxygen atoms in total. The number of amides is 7. The second kappa shape index (κ2) is 47.8. The normalized spacial score (nSPS) is 13.1. The number of pyridine rings is 2. The van der Waals surface area contributed by atoms with Crippen molar-refractivity contribution < 1.29 is 57.5 Å². The second-order valence-electron chi connectivity index (χ2n) is 38.7. The molecule has 5 saturated carbocycles. The summed E-state index contributed by atoms with van der Waals surface area (Å²) in [6.45, 7) is 32.0. The van der Waals surface area contributed by atoms with Crippen molar-refractivity contribution in [2.45, 2.75) is 159 Å². The van der Waals surface area contributed by atoms with Crippen LogP contribution in [-0.2, 0) is 0 Å². The van der Waals surface area contributed by atoms with Crippen LogP contribution in [0.25, 0.3) is 61.9 Å².